The number of hydrogen-bond acceptors (Lipinski definition) is 5. The Morgan fingerprint density at radius 3 is 2.34 bits per heavy atom. The number of halogens is 1. The summed E-state index contributed by atoms with van der Waals surface area (Å²) in [6.07, 6.45) is 7.22. The van der Waals surface area contributed by atoms with Gasteiger partial charge < -0.3 is 19.8 Å². The Kier molecular flexibility index (Phi) is 10.2. The predicted octanol–water partition coefficient (Wildman–Crippen LogP) is 5.97. The van der Waals surface area contributed by atoms with E-state index in [1.54, 1.807) is 44.7 Å². The molecule has 7 nitrogen and oxygen atoms in total. The fourth-order valence-corrected chi connectivity index (χ4v) is 10.2. The number of para-hydroxylation sites is 2. The number of hydrogen-bond donors (Lipinski definition) is 1. The molecule has 6 atom stereocenters. The minimum atomic E-state index is -0.749. The van der Waals surface area contributed by atoms with E-state index >= 15 is 0 Å². The molecule has 0 radical (unpaired) electrons. The van der Waals surface area contributed by atoms with Crippen molar-refractivity contribution in [1.82, 2.24) is 4.90 Å². The van der Waals surface area contributed by atoms with E-state index in [1.807, 2.05) is 48.5 Å². The van der Waals surface area contributed by atoms with Crippen molar-refractivity contribution in [2.75, 3.05) is 36.0 Å². The molecule has 3 saturated heterocycles. The number of unbranched alkanes of at least 4 members (excludes halogenated alkanes) is 3. The monoisotopic (exact) mass is 635 g/mol. The molecule has 1 N–H and O–H groups in total. The molecular weight excluding hydrogens is 594 g/mol. The number of benzene rings is 2. The van der Waals surface area contributed by atoms with Gasteiger partial charge in [0.15, 0.2) is 0 Å². The Bertz CT molecular complexity index is 1390. The molecule has 9 heteroatoms. The smallest absolute Gasteiger partial charge is 0.251 e. The van der Waals surface area contributed by atoms with Gasteiger partial charge in [0.05, 0.1) is 27.3 Å². The highest BCUT2D eigenvalue weighted by atomic mass is 35.5. The minimum Gasteiger partial charge on any atom is -0.396 e. The summed E-state index contributed by atoms with van der Waals surface area (Å²) in [5.74, 6) is -1.52. The van der Waals surface area contributed by atoms with Gasteiger partial charge in [-0.2, -0.15) is 0 Å². The van der Waals surface area contributed by atoms with Crippen LogP contribution in [0, 0.1) is 17.8 Å². The molecule has 3 fully saturated rings. The number of thioether (sulfide) groups is 1. The van der Waals surface area contributed by atoms with Gasteiger partial charge in [0.1, 0.15) is 6.04 Å². The number of nitrogens with zero attached hydrogens (tertiary/aromatic N) is 3. The number of carbonyl (C=O) groups excluding carboxylic acids is 3. The molecule has 0 aromatic heterocycles. The Hall–Kier alpha value is -3.07. The number of likely N-dealkylation sites (tertiary alicyclic amines) is 1. The van der Waals surface area contributed by atoms with Crippen LogP contribution in [0.4, 0.5) is 11.4 Å². The van der Waals surface area contributed by atoms with Gasteiger partial charge in [-0.1, -0.05) is 73.9 Å². The van der Waals surface area contributed by atoms with Crippen molar-refractivity contribution < 1.29 is 19.5 Å². The molecule has 0 aliphatic carbocycles. The maximum Gasteiger partial charge on any atom is 0.251 e. The Balaban J connectivity index is 1.56. The van der Waals surface area contributed by atoms with Crippen LogP contribution in [0.2, 0.25) is 5.02 Å². The van der Waals surface area contributed by atoms with Gasteiger partial charge in [-0.15, -0.1) is 24.9 Å². The van der Waals surface area contributed by atoms with Crippen molar-refractivity contribution in [3.63, 3.8) is 0 Å². The lowest BCUT2D eigenvalue weighted by atomic mass is 9.65. The summed E-state index contributed by atoms with van der Waals surface area (Å²) in [5.41, 5.74) is 1.34. The normalized spacial score (nSPS) is 26.8. The predicted molar refractivity (Wildman–Crippen MR) is 179 cm³/mol. The van der Waals surface area contributed by atoms with Gasteiger partial charge in [-0.05, 0) is 49.4 Å². The van der Waals surface area contributed by atoms with E-state index < -0.39 is 22.6 Å². The van der Waals surface area contributed by atoms with Crippen molar-refractivity contribution in [3.8, 4) is 0 Å². The summed E-state index contributed by atoms with van der Waals surface area (Å²) in [7, 11) is 0. The molecule has 3 aliphatic rings. The number of rotatable bonds is 14. The van der Waals surface area contributed by atoms with E-state index in [2.05, 4.69) is 20.1 Å². The molecule has 2 aromatic rings. The quantitative estimate of drug-likeness (QED) is 0.204. The number of carbonyl (C=O) groups is 3. The van der Waals surface area contributed by atoms with Gasteiger partial charge in [-0.3, -0.25) is 14.4 Å². The first kappa shape index (κ1) is 32.3. The van der Waals surface area contributed by atoms with E-state index in [0.717, 1.165) is 24.9 Å². The van der Waals surface area contributed by atoms with Crippen LogP contribution in [0.5, 0.6) is 0 Å². The lowest BCUT2D eigenvalue weighted by Gasteiger charge is -2.41. The first-order valence-corrected chi connectivity index (χ1v) is 16.8. The zero-order valence-corrected chi connectivity index (χ0v) is 26.9. The minimum absolute atomic E-state index is 0.0465. The van der Waals surface area contributed by atoms with Crippen LogP contribution >= 0.6 is 23.4 Å². The summed E-state index contributed by atoms with van der Waals surface area (Å²) in [4.78, 5) is 49.1. The second-order valence-corrected chi connectivity index (χ2v) is 13.9. The van der Waals surface area contributed by atoms with Crippen molar-refractivity contribution in [3.05, 3.63) is 84.9 Å². The van der Waals surface area contributed by atoms with Gasteiger partial charge >= 0.3 is 0 Å². The molecule has 44 heavy (non-hydrogen) atoms. The highest BCUT2D eigenvalue weighted by molar-refractivity contribution is 8.02. The molecular formula is C35H42ClN3O4S. The van der Waals surface area contributed by atoms with E-state index in [4.69, 9.17) is 11.6 Å². The van der Waals surface area contributed by atoms with Crippen LogP contribution in [0.3, 0.4) is 0 Å². The second kappa shape index (κ2) is 13.9. The highest BCUT2D eigenvalue weighted by Crippen LogP contribution is 2.69. The number of amides is 3. The highest BCUT2D eigenvalue weighted by Gasteiger charge is 2.76. The Labute approximate surface area is 269 Å². The summed E-state index contributed by atoms with van der Waals surface area (Å²) in [5, 5.41) is 9.63. The number of fused-ring (bicyclic) bond motifs is 1. The second-order valence-electron chi connectivity index (χ2n) is 12.0. The topological polar surface area (TPSA) is 81.2 Å². The van der Waals surface area contributed by atoms with Crippen molar-refractivity contribution in [2.24, 2.45) is 17.8 Å². The third-order valence-electron chi connectivity index (χ3n) is 9.44. The van der Waals surface area contributed by atoms with Gasteiger partial charge in [0.2, 0.25) is 11.8 Å². The van der Waals surface area contributed by atoms with Gasteiger partial charge in [0, 0.05) is 37.2 Å². The molecule has 5 rings (SSSR count). The standard InChI is InChI=1S/C35H42ClN3O4S/c1-4-19-37(25-15-9-8-10-16-25)32(41)29-28-23-24(3)35(44-28)30(29)33(42)39(21-13-6-7-14-22-40)31(35)34(43)38(20-5-2)27-18-12-11-17-26(27)36/h4-5,8-12,15-18,24,28-31,40H,1-2,6-7,13-14,19-23H2,3H3/t24?,28-,29+,30+,31?,35?/m1/s1. The average Bonchev–Trinajstić information content (AvgIpc) is 3.62. The van der Waals surface area contributed by atoms with Crippen LogP contribution < -0.4 is 9.80 Å². The van der Waals surface area contributed by atoms with E-state index in [1.165, 1.54) is 0 Å². The zero-order valence-electron chi connectivity index (χ0n) is 25.3. The lowest BCUT2D eigenvalue weighted by Crippen LogP contribution is -2.57. The van der Waals surface area contributed by atoms with Crippen molar-refractivity contribution in [1.29, 1.82) is 0 Å². The van der Waals surface area contributed by atoms with E-state index in [0.29, 0.717) is 36.6 Å². The first-order valence-electron chi connectivity index (χ1n) is 15.5. The summed E-state index contributed by atoms with van der Waals surface area (Å²) >= 11 is 8.29. The van der Waals surface area contributed by atoms with E-state index in [-0.39, 0.29) is 42.0 Å². The Morgan fingerprint density at radius 2 is 1.66 bits per heavy atom. The molecule has 3 aliphatic heterocycles. The molecule has 234 valence electrons. The molecule has 2 bridgehead atoms. The number of aliphatic hydroxyl groups is 1. The molecule has 1 spiro atoms. The molecule has 2 aromatic carbocycles. The van der Waals surface area contributed by atoms with Gasteiger partial charge in [0.25, 0.3) is 5.91 Å². The maximum absolute atomic E-state index is 14.9. The first-order chi connectivity index (χ1) is 21.3. The third-order valence-corrected chi connectivity index (χ3v) is 11.8. The largest absolute Gasteiger partial charge is 0.396 e. The lowest BCUT2D eigenvalue weighted by molar-refractivity contribution is -0.139. The fourth-order valence-electron chi connectivity index (χ4n) is 7.56. The van der Waals surface area contributed by atoms with Crippen LogP contribution in [0.25, 0.3) is 0 Å². The number of anilines is 2. The third kappa shape index (κ3) is 5.61. The molecule has 3 amide bonds. The number of aliphatic hydroxyl groups excluding tert-OH is 1. The van der Waals surface area contributed by atoms with Crippen LogP contribution in [-0.4, -0.2) is 70.0 Å². The Morgan fingerprint density at radius 1 is 1.00 bits per heavy atom. The van der Waals surface area contributed by atoms with Crippen LogP contribution in [0.15, 0.2) is 79.9 Å². The van der Waals surface area contributed by atoms with Crippen molar-refractivity contribution in [2.45, 2.75) is 55.1 Å². The fraction of sp³-hybridized carbons (Fsp3) is 0.457. The summed E-state index contributed by atoms with van der Waals surface area (Å²) < 4.78 is -0.749. The molecule has 3 unspecified atom stereocenters. The van der Waals surface area contributed by atoms with Crippen molar-refractivity contribution >= 4 is 52.5 Å². The average molecular weight is 636 g/mol. The van der Waals surface area contributed by atoms with Gasteiger partial charge in [-0.25, -0.2) is 0 Å². The van der Waals surface area contributed by atoms with Crippen LogP contribution in [-0.2, 0) is 14.4 Å². The molecule has 3 heterocycles. The SMILES string of the molecule is C=CCN(C(=O)[C@@H]1[C@H]2C(=O)N(CCCCCCO)C(C(=O)N(CC=C)c3ccccc3Cl)C23S[C@@H]1CC3C)c1ccccc1. The summed E-state index contributed by atoms with van der Waals surface area (Å²) in [6, 6.07) is 16.0. The zero-order chi connectivity index (χ0) is 31.4. The maximum atomic E-state index is 14.9. The van der Waals surface area contributed by atoms with Crippen LogP contribution in [0.1, 0.15) is 39.0 Å². The molecule has 0 saturated carbocycles. The summed E-state index contributed by atoms with van der Waals surface area (Å²) in [6.45, 7) is 11.0. The van der Waals surface area contributed by atoms with E-state index in [9.17, 15) is 19.5 Å².